The molecule has 5 nitrogen and oxygen atoms in total. The number of hydrogen-bond donors (Lipinski definition) is 1. The number of anilines is 1. The number of likely N-dealkylation sites (N-methyl/N-ethyl adjacent to an activating group) is 1. The van der Waals surface area contributed by atoms with Gasteiger partial charge in [0.05, 0.1) is 5.69 Å². The fourth-order valence-corrected chi connectivity index (χ4v) is 3.77. The minimum atomic E-state index is -3.47. The van der Waals surface area contributed by atoms with Crippen LogP contribution in [0.5, 0.6) is 0 Å². The molecule has 1 N–H and O–H groups in total. The maximum Gasteiger partial charge on any atom is 0.245 e. The standard InChI is InChI=1S/C15H27N3O2S/c1-5-11-18(13-12-17(3)4)21(19,20)15-10-8-7-9-14(15)16-6-2/h7-10,16H,5-6,11-13H2,1-4H3. The van der Waals surface area contributed by atoms with E-state index < -0.39 is 10.0 Å². The molecule has 0 spiro atoms. The Morgan fingerprint density at radius 3 is 2.29 bits per heavy atom. The van der Waals surface area contributed by atoms with Crippen LogP contribution in [0, 0.1) is 0 Å². The molecule has 0 saturated carbocycles. The highest BCUT2D eigenvalue weighted by molar-refractivity contribution is 7.89. The Hall–Kier alpha value is -1.11. The van der Waals surface area contributed by atoms with Crippen LogP contribution in [0.25, 0.3) is 0 Å². The highest BCUT2D eigenvalue weighted by atomic mass is 32.2. The summed E-state index contributed by atoms with van der Waals surface area (Å²) in [6, 6.07) is 7.10. The molecule has 0 amide bonds. The van der Waals surface area contributed by atoms with Gasteiger partial charge in [0, 0.05) is 26.2 Å². The van der Waals surface area contributed by atoms with Crippen LogP contribution in [0.4, 0.5) is 5.69 Å². The summed E-state index contributed by atoms with van der Waals surface area (Å²) in [5, 5.41) is 3.13. The van der Waals surface area contributed by atoms with Crippen molar-refractivity contribution in [2.24, 2.45) is 0 Å². The zero-order chi connectivity index (χ0) is 15.9. The largest absolute Gasteiger partial charge is 0.384 e. The summed E-state index contributed by atoms with van der Waals surface area (Å²) in [5.74, 6) is 0. The average molecular weight is 313 g/mol. The Kier molecular flexibility index (Phi) is 7.14. The van der Waals surface area contributed by atoms with Crippen LogP contribution in [0.1, 0.15) is 20.3 Å². The molecule has 6 heteroatoms. The molecule has 0 bridgehead atoms. The van der Waals surface area contributed by atoms with Crippen molar-refractivity contribution in [3.8, 4) is 0 Å². The quantitative estimate of drug-likeness (QED) is 0.758. The number of rotatable bonds is 9. The van der Waals surface area contributed by atoms with Crippen molar-refractivity contribution in [2.75, 3.05) is 45.6 Å². The number of para-hydroxylation sites is 1. The van der Waals surface area contributed by atoms with Gasteiger partial charge < -0.3 is 10.2 Å². The van der Waals surface area contributed by atoms with E-state index in [9.17, 15) is 8.42 Å². The fraction of sp³-hybridized carbons (Fsp3) is 0.600. The molecule has 21 heavy (non-hydrogen) atoms. The van der Waals surface area contributed by atoms with E-state index in [4.69, 9.17) is 0 Å². The number of nitrogens with zero attached hydrogens (tertiary/aromatic N) is 2. The highest BCUT2D eigenvalue weighted by Gasteiger charge is 2.26. The van der Waals surface area contributed by atoms with Gasteiger partial charge in [-0.15, -0.1) is 0 Å². The van der Waals surface area contributed by atoms with Crippen LogP contribution < -0.4 is 5.32 Å². The Balaban J connectivity index is 3.10. The molecule has 0 aliphatic carbocycles. The van der Waals surface area contributed by atoms with E-state index in [1.807, 2.05) is 45.0 Å². The van der Waals surface area contributed by atoms with Gasteiger partial charge in [-0.3, -0.25) is 0 Å². The van der Waals surface area contributed by atoms with Crippen LogP contribution in [0.3, 0.4) is 0 Å². The molecule has 0 atom stereocenters. The first-order valence-electron chi connectivity index (χ1n) is 7.41. The minimum Gasteiger partial charge on any atom is -0.384 e. The summed E-state index contributed by atoms with van der Waals surface area (Å²) in [6.07, 6.45) is 0.802. The SMILES string of the molecule is CCCN(CCN(C)C)S(=O)(=O)c1ccccc1NCC. The van der Waals surface area contributed by atoms with E-state index in [0.29, 0.717) is 36.8 Å². The molecule has 0 aliphatic rings. The van der Waals surface area contributed by atoms with Gasteiger partial charge in [-0.25, -0.2) is 8.42 Å². The zero-order valence-electron chi connectivity index (χ0n) is 13.5. The van der Waals surface area contributed by atoms with Gasteiger partial charge in [0.15, 0.2) is 0 Å². The lowest BCUT2D eigenvalue weighted by atomic mass is 10.3. The first kappa shape index (κ1) is 17.9. The van der Waals surface area contributed by atoms with Crippen LogP contribution in [0.2, 0.25) is 0 Å². The lowest BCUT2D eigenvalue weighted by molar-refractivity contribution is 0.333. The average Bonchev–Trinajstić information content (AvgIpc) is 2.44. The number of hydrogen-bond acceptors (Lipinski definition) is 4. The summed E-state index contributed by atoms with van der Waals surface area (Å²) in [5.41, 5.74) is 0.672. The number of nitrogens with one attached hydrogen (secondary N) is 1. The Morgan fingerprint density at radius 2 is 1.71 bits per heavy atom. The Morgan fingerprint density at radius 1 is 1.05 bits per heavy atom. The van der Waals surface area contributed by atoms with Crippen molar-refractivity contribution in [1.29, 1.82) is 0 Å². The van der Waals surface area contributed by atoms with Crippen molar-refractivity contribution in [3.05, 3.63) is 24.3 Å². The number of sulfonamides is 1. The first-order valence-corrected chi connectivity index (χ1v) is 8.85. The normalized spacial score (nSPS) is 12.1. The van der Waals surface area contributed by atoms with Gasteiger partial charge in [0.1, 0.15) is 4.90 Å². The topological polar surface area (TPSA) is 52.7 Å². The van der Waals surface area contributed by atoms with E-state index in [2.05, 4.69) is 5.32 Å². The maximum atomic E-state index is 12.9. The molecule has 1 aromatic rings. The molecule has 1 rings (SSSR count). The molecule has 0 unspecified atom stereocenters. The van der Waals surface area contributed by atoms with E-state index in [1.54, 1.807) is 16.4 Å². The summed E-state index contributed by atoms with van der Waals surface area (Å²) in [6.45, 7) is 6.40. The third kappa shape index (κ3) is 4.98. The second-order valence-corrected chi connectivity index (χ2v) is 7.14. The predicted molar refractivity (Wildman–Crippen MR) is 88.2 cm³/mol. The van der Waals surface area contributed by atoms with Crippen LogP contribution in [-0.4, -0.2) is 57.9 Å². The van der Waals surface area contributed by atoms with Gasteiger partial charge in [-0.2, -0.15) is 4.31 Å². The van der Waals surface area contributed by atoms with Crippen molar-refractivity contribution in [2.45, 2.75) is 25.2 Å². The van der Waals surface area contributed by atoms with Crippen molar-refractivity contribution in [3.63, 3.8) is 0 Å². The van der Waals surface area contributed by atoms with Gasteiger partial charge in [-0.1, -0.05) is 19.1 Å². The third-order valence-corrected chi connectivity index (χ3v) is 5.10. The Bertz CT molecular complexity index is 529. The lowest BCUT2D eigenvalue weighted by Crippen LogP contribution is -2.37. The van der Waals surface area contributed by atoms with Gasteiger partial charge >= 0.3 is 0 Å². The molecule has 1 aromatic carbocycles. The van der Waals surface area contributed by atoms with Crippen molar-refractivity contribution < 1.29 is 8.42 Å². The van der Waals surface area contributed by atoms with Crippen molar-refractivity contribution in [1.82, 2.24) is 9.21 Å². The van der Waals surface area contributed by atoms with E-state index in [1.165, 1.54) is 0 Å². The number of benzene rings is 1. The molecular formula is C15H27N3O2S. The fourth-order valence-electron chi connectivity index (χ4n) is 2.08. The van der Waals surface area contributed by atoms with Gasteiger partial charge in [0.2, 0.25) is 10.0 Å². The Labute approximate surface area is 129 Å². The molecule has 0 saturated heterocycles. The minimum absolute atomic E-state index is 0.360. The predicted octanol–water partition coefficient (Wildman–Crippen LogP) is 2.08. The summed E-state index contributed by atoms with van der Waals surface area (Å²) in [7, 11) is 0.428. The summed E-state index contributed by atoms with van der Waals surface area (Å²) >= 11 is 0. The second-order valence-electron chi connectivity index (χ2n) is 5.23. The van der Waals surface area contributed by atoms with Crippen molar-refractivity contribution >= 4 is 15.7 Å². The second kappa shape index (κ2) is 8.36. The first-order chi connectivity index (χ1) is 9.93. The van der Waals surface area contributed by atoms with Crippen LogP contribution in [0.15, 0.2) is 29.2 Å². The molecule has 0 fully saturated rings. The smallest absolute Gasteiger partial charge is 0.245 e. The third-order valence-electron chi connectivity index (χ3n) is 3.14. The zero-order valence-corrected chi connectivity index (χ0v) is 14.3. The molecule has 0 heterocycles. The molecule has 0 aliphatic heterocycles. The van der Waals surface area contributed by atoms with Gasteiger partial charge in [-0.05, 0) is 39.6 Å². The molecule has 0 aromatic heterocycles. The van der Waals surface area contributed by atoms with E-state index in [0.717, 1.165) is 6.42 Å². The monoisotopic (exact) mass is 313 g/mol. The van der Waals surface area contributed by atoms with Crippen LogP contribution >= 0.6 is 0 Å². The lowest BCUT2D eigenvalue weighted by Gasteiger charge is -2.24. The highest BCUT2D eigenvalue weighted by Crippen LogP contribution is 2.24. The summed E-state index contributed by atoms with van der Waals surface area (Å²) < 4.78 is 27.4. The maximum absolute atomic E-state index is 12.9. The van der Waals surface area contributed by atoms with Gasteiger partial charge in [0.25, 0.3) is 0 Å². The summed E-state index contributed by atoms with van der Waals surface area (Å²) in [4.78, 5) is 2.35. The molecular weight excluding hydrogens is 286 g/mol. The van der Waals surface area contributed by atoms with E-state index in [-0.39, 0.29) is 0 Å². The molecule has 120 valence electrons. The molecule has 0 radical (unpaired) electrons. The van der Waals surface area contributed by atoms with Crippen LogP contribution in [-0.2, 0) is 10.0 Å². The van der Waals surface area contributed by atoms with E-state index >= 15 is 0 Å².